The van der Waals surface area contributed by atoms with Crippen molar-refractivity contribution in [3.63, 3.8) is 0 Å². The first kappa shape index (κ1) is 14.0. The number of hydrogen-bond acceptors (Lipinski definition) is 5. The lowest BCUT2D eigenvalue weighted by molar-refractivity contribution is -0.384. The zero-order valence-corrected chi connectivity index (χ0v) is 10.5. The van der Waals surface area contributed by atoms with Crippen LogP contribution in [0.2, 0.25) is 0 Å². The molecule has 1 aromatic carbocycles. The molecule has 0 aliphatic heterocycles. The van der Waals surface area contributed by atoms with Crippen molar-refractivity contribution in [2.75, 3.05) is 24.6 Å². The summed E-state index contributed by atoms with van der Waals surface area (Å²) in [4.78, 5) is 22.7. The molecule has 0 saturated heterocycles. The molecule has 0 amide bonds. The van der Waals surface area contributed by atoms with Crippen LogP contribution < -0.4 is 4.90 Å². The molecule has 0 spiro atoms. The number of carbonyl (C=O) groups is 1. The van der Waals surface area contributed by atoms with E-state index in [1.54, 1.807) is 12.1 Å². The Kier molecular flexibility index (Phi) is 5.10. The summed E-state index contributed by atoms with van der Waals surface area (Å²) >= 11 is 0. The summed E-state index contributed by atoms with van der Waals surface area (Å²) in [6, 6.07) is 6.30. The van der Waals surface area contributed by atoms with Crippen molar-refractivity contribution in [1.82, 2.24) is 0 Å². The van der Waals surface area contributed by atoms with Crippen LogP contribution in [-0.2, 0) is 9.53 Å². The molecule has 0 saturated carbocycles. The summed E-state index contributed by atoms with van der Waals surface area (Å²) in [5.74, 6) is -0.310. The van der Waals surface area contributed by atoms with Crippen LogP contribution in [0.5, 0.6) is 0 Å². The number of esters is 1. The molecule has 98 valence electrons. The smallest absolute Gasteiger partial charge is 0.302 e. The van der Waals surface area contributed by atoms with Crippen LogP contribution in [0.3, 0.4) is 0 Å². The molecule has 0 unspecified atom stereocenters. The first-order valence-corrected chi connectivity index (χ1v) is 5.67. The summed E-state index contributed by atoms with van der Waals surface area (Å²) in [5.41, 5.74) is 0.935. The third kappa shape index (κ3) is 4.04. The standard InChI is InChI=1S/C12H16N2O4/c1-3-13(8-9-18-10(2)15)11-4-6-12(7-5-11)14(16)17/h4-7H,3,8-9H2,1-2H3. The first-order valence-electron chi connectivity index (χ1n) is 5.67. The Morgan fingerprint density at radius 1 is 1.39 bits per heavy atom. The predicted octanol–water partition coefficient (Wildman–Crippen LogP) is 1.98. The molecule has 0 fully saturated rings. The summed E-state index contributed by atoms with van der Waals surface area (Å²) in [6.07, 6.45) is 0. The van der Waals surface area contributed by atoms with Gasteiger partial charge in [0.15, 0.2) is 0 Å². The van der Waals surface area contributed by atoms with E-state index in [9.17, 15) is 14.9 Å². The molecule has 0 radical (unpaired) electrons. The number of hydrogen-bond donors (Lipinski definition) is 0. The van der Waals surface area contributed by atoms with Crippen molar-refractivity contribution in [2.24, 2.45) is 0 Å². The third-order valence-corrected chi connectivity index (χ3v) is 2.47. The average Bonchev–Trinajstić information content (AvgIpc) is 2.34. The van der Waals surface area contributed by atoms with E-state index in [2.05, 4.69) is 0 Å². The molecule has 6 nitrogen and oxygen atoms in total. The number of ether oxygens (including phenoxy) is 1. The van der Waals surface area contributed by atoms with Crippen LogP contribution in [0.1, 0.15) is 13.8 Å². The topological polar surface area (TPSA) is 72.7 Å². The second kappa shape index (κ2) is 6.58. The van der Waals surface area contributed by atoms with Gasteiger partial charge < -0.3 is 9.64 Å². The first-order chi connectivity index (χ1) is 8.54. The van der Waals surface area contributed by atoms with E-state index in [0.717, 1.165) is 12.2 Å². The van der Waals surface area contributed by atoms with Crippen LogP contribution in [0.15, 0.2) is 24.3 Å². The number of nitro groups is 1. The van der Waals surface area contributed by atoms with Crippen LogP contribution in [0.25, 0.3) is 0 Å². The number of rotatable bonds is 6. The number of likely N-dealkylation sites (N-methyl/N-ethyl adjacent to an activating group) is 1. The van der Waals surface area contributed by atoms with E-state index in [1.165, 1.54) is 19.1 Å². The van der Waals surface area contributed by atoms with Gasteiger partial charge in [-0.3, -0.25) is 14.9 Å². The zero-order valence-electron chi connectivity index (χ0n) is 10.5. The fraction of sp³-hybridized carbons (Fsp3) is 0.417. The van der Waals surface area contributed by atoms with Gasteiger partial charge in [-0.05, 0) is 19.1 Å². The molecule has 18 heavy (non-hydrogen) atoms. The Hall–Kier alpha value is -2.11. The average molecular weight is 252 g/mol. The van der Waals surface area contributed by atoms with Gasteiger partial charge in [0.1, 0.15) is 6.61 Å². The lowest BCUT2D eigenvalue weighted by Crippen LogP contribution is -2.27. The van der Waals surface area contributed by atoms with Crippen LogP contribution in [-0.4, -0.2) is 30.6 Å². The van der Waals surface area contributed by atoms with Crippen LogP contribution in [0.4, 0.5) is 11.4 Å². The molecule has 0 atom stereocenters. The minimum absolute atomic E-state index is 0.0646. The maximum Gasteiger partial charge on any atom is 0.302 e. The highest BCUT2D eigenvalue weighted by Gasteiger charge is 2.08. The molecule has 0 aliphatic rings. The van der Waals surface area contributed by atoms with E-state index < -0.39 is 4.92 Å². The maximum absolute atomic E-state index is 10.7. The number of benzene rings is 1. The number of nitrogens with zero attached hydrogens (tertiary/aromatic N) is 2. The van der Waals surface area contributed by atoms with Crippen molar-refractivity contribution in [1.29, 1.82) is 0 Å². The second-order valence-corrected chi connectivity index (χ2v) is 3.69. The quantitative estimate of drug-likeness (QED) is 0.439. The zero-order chi connectivity index (χ0) is 13.5. The van der Waals surface area contributed by atoms with Crippen molar-refractivity contribution in [3.8, 4) is 0 Å². The Labute approximate surface area is 105 Å². The summed E-state index contributed by atoms with van der Waals surface area (Å²) < 4.78 is 4.87. The minimum atomic E-state index is -0.432. The normalized spacial score (nSPS) is 9.89. The molecule has 0 bridgehead atoms. The van der Waals surface area contributed by atoms with Gasteiger partial charge in [-0.15, -0.1) is 0 Å². The van der Waals surface area contributed by atoms with Gasteiger partial charge in [-0.2, -0.15) is 0 Å². The van der Waals surface area contributed by atoms with Gasteiger partial charge in [-0.25, -0.2) is 0 Å². The van der Waals surface area contributed by atoms with Gasteiger partial charge in [-0.1, -0.05) is 0 Å². The molecule has 0 heterocycles. The lowest BCUT2D eigenvalue weighted by atomic mass is 10.2. The Morgan fingerprint density at radius 2 is 2.00 bits per heavy atom. The molecule has 0 aromatic heterocycles. The SMILES string of the molecule is CCN(CCOC(C)=O)c1ccc([N+](=O)[O-])cc1. The van der Waals surface area contributed by atoms with Crippen LogP contribution >= 0.6 is 0 Å². The number of carbonyl (C=O) groups excluding carboxylic acids is 1. The molecule has 0 N–H and O–H groups in total. The minimum Gasteiger partial charge on any atom is -0.464 e. The van der Waals surface area contributed by atoms with E-state index in [0.29, 0.717) is 13.2 Å². The molecule has 1 aromatic rings. The van der Waals surface area contributed by atoms with Crippen molar-refractivity contribution >= 4 is 17.3 Å². The number of anilines is 1. The summed E-state index contributed by atoms with van der Waals surface area (Å²) in [7, 11) is 0. The van der Waals surface area contributed by atoms with Crippen molar-refractivity contribution in [2.45, 2.75) is 13.8 Å². The van der Waals surface area contributed by atoms with Gasteiger partial charge >= 0.3 is 5.97 Å². The summed E-state index contributed by atoms with van der Waals surface area (Å²) in [6.45, 7) is 4.93. The highest BCUT2D eigenvalue weighted by Crippen LogP contribution is 2.18. The van der Waals surface area contributed by atoms with E-state index in [4.69, 9.17) is 4.74 Å². The van der Waals surface area contributed by atoms with Gasteiger partial charge in [0.25, 0.3) is 5.69 Å². The Bertz CT molecular complexity index is 417. The van der Waals surface area contributed by atoms with Gasteiger partial charge in [0.2, 0.25) is 0 Å². The molecule has 0 aliphatic carbocycles. The van der Waals surface area contributed by atoms with E-state index >= 15 is 0 Å². The second-order valence-electron chi connectivity index (χ2n) is 3.69. The van der Waals surface area contributed by atoms with E-state index in [-0.39, 0.29) is 11.7 Å². The molecule has 1 rings (SSSR count). The summed E-state index contributed by atoms with van der Waals surface area (Å²) in [5, 5.41) is 10.5. The predicted molar refractivity (Wildman–Crippen MR) is 67.6 cm³/mol. The highest BCUT2D eigenvalue weighted by atomic mass is 16.6. The Morgan fingerprint density at radius 3 is 2.44 bits per heavy atom. The lowest BCUT2D eigenvalue weighted by Gasteiger charge is -2.22. The maximum atomic E-state index is 10.7. The van der Waals surface area contributed by atoms with E-state index in [1.807, 2.05) is 11.8 Å². The van der Waals surface area contributed by atoms with Crippen molar-refractivity contribution < 1.29 is 14.5 Å². The van der Waals surface area contributed by atoms with Gasteiger partial charge in [0, 0.05) is 31.3 Å². The molecular formula is C12H16N2O4. The number of nitro benzene ring substituents is 1. The van der Waals surface area contributed by atoms with Crippen molar-refractivity contribution in [3.05, 3.63) is 34.4 Å². The third-order valence-electron chi connectivity index (χ3n) is 2.47. The Balaban J connectivity index is 2.64. The monoisotopic (exact) mass is 252 g/mol. The highest BCUT2D eigenvalue weighted by molar-refractivity contribution is 5.65. The fourth-order valence-electron chi connectivity index (χ4n) is 1.55. The van der Waals surface area contributed by atoms with Crippen LogP contribution in [0, 0.1) is 10.1 Å². The largest absolute Gasteiger partial charge is 0.464 e. The molecule has 6 heteroatoms. The van der Waals surface area contributed by atoms with Gasteiger partial charge in [0.05, 0.1) is 11.5 Å². The fourth-order valence-corrected chi connectivity index (χ4v) is 1.55. The molecular weight excluding hydrogens is 236 g/mol. The number of non-ortho nitro benzene ring substituents is 1.